The quantitative estimate of drug-likeness (QED) is 0.357. The molecule has 0 amide bonds. The van der Waals surface area contributed by atoms with Gasteiger partial charge in [0.2, 0.25) is 0 Å². The molecule has 1 aromatic carbocycles. The predicted octanol–water partition coefficient (Wildman–Crippen LogP) is 4.17. The summed E-state index contributed by atoms with van der Waals surface area (Å²) in [5.41, 5.74) is 3.79. The maximum atomic E-state index is 4.33. The molecule has 0 saturated heterocycles. The first-order valence-electron chi connectivity index (χ1n) is 8.24. The van der Waals surface area contributed by atoms with Crippen molar-refractivity contribution in [2.75, 3.05) is 13.6 Å². The largest absolute Gasteiger partial charge is 0.356 e. The van der Waals surface area contributed by atoms with E-state index >= 15 is 0 Å². The summed E-state index contributed by atoms with van der Waals surface area (Å²) in [5, 5.41) is 6.84. The number of nitrogens with one attached hydrogen (secondary N) is 2. The minimum absolute atomic E-state index is 0. The van der Waals surface area contributed by atoms with Crippen molar-refractivity contribution in [3.05, 3.63) is 63.9 Å². The third kappa shape index (κ3) is 5.17. The Kier molecular flexibility index (Phi) is 7.25. The van der Waals surface area contributed by atoms with Crippen LogP contribution in [-0.2, 0) is 12.0 Å². The number of nitrogens with zero attached hydrogens (tertiary/aromatic N) is 2. The standard InChI is InChI=1S/C19H23BrN4.HI/c1-14-7-8-15(11-22-14)12-23-18(21-2)24-13-19(9-10-19)16-5-3-4-6-17(16)20;/h3-8,11H,9-10,12-13H2,1-2H3,(H2,21,23,24);1H. The average Bonchev–Trinajstić information content (AvgIpc) is 3.38. The van der Waals surface area contributed by atoms with Crippen LogP contribution in [0.3, 0.4) is 0 Å². The highest BCUT2D eigenvalue weighted by atomic mass is 127. The Hall–Kier alpha value is -1.15. The topological polar surface area (TPSA) is 49.3 Å². The molecule has 1 fully saturated rings. The van der Waals surface area contributed by atoms with Crippen molar-refractivity contribution in [1.29, 1.82) is 0 Å². The van der Waals surface area contributed by atoms with Gasteiger partial charge in [0.05, 0.1) is 0 Å². The second-order valence-electron chi connectivity index (χ2n) is 6.35. The van der Waals surface area contributed by atoms with Crippen LogP contribution in [0.4, 0.5) is 0 Å². The van der Waals surface area contributed by atoms with Gasteiger partial charge in [0.1, 0.15) is 0 Å². The van der Waals surface area contributed by atoms with Crippen LogP contribution < -0.4 is 10.6 Å². The monoisotopic (exact) mass is 514 g/mol. The van der Waals surface area contributed by atoms with Gasteiger partial charge in [-0.1, -0.05) is 40.2 Å². The van der Waals surface area contributed by atoms with Crippen molar-refractivity contribution in [3.8, 4) is 0 Å². The lowest BCUT2D eigenvalue weighted by molar-refractivity contribution is 0.643. The lowest BCUT2D eigenvalue weighted by atomic mass is 9.96. The Bertz CT molecular complexity index is 726. The van der Waals surface area contributed by atoms with Crippen LogP contribution in [0.25, 0.3) is 0 Å². The minimum Gasteiger partial charge on any atom is -0.356 e. The zero-order valence-corrected chi connectivity index (χ0v) is 18.5. The van der Waals surface area contributed by atoms with E-state index in [0.717, 1.165) is 30.3 Å². The molecule has 1 saturated carbocycles. The summed E-state index contributed by atoms with van der Waals surface area (Å²) < 4.78 is 1.19. The zero-order chi connectivity index (χ0) is 17.0. The van der Waals surface area contributed by atoms with Gasteiger partial charge in [-0.05, 0) is 43.0 Å². The van der Waals surface area contributed by atoms with Crippen molar-refractivity contribution in [2.45, 2.75) is 31.7 Å². The average molecular weight is 515 g/mol. The zero-order valence-electron chi connectivity index (χ0n) is 14.6. The summed E-state index contributed by atoms with van der Waals surface area (Å²) in [6.07, 6.45) is 4.32. The van der Waals surface area contributed by atoms with Crippen LogP contribution in [0.2, 0.25) is 0 Å². The van der Waals surface area contributed by atoms with E-state index in [1.54, 1.807) is 7.05 Å². The van der Waals surface area contributed by atoms with E-state index in [-0.39, 0.29) is 29.4 Å². The van der Waals surface area contributed by atoms with Gasteiger partial charge >= 0.3 is 0 Å². The van der Waals surface area contributed by atoms with Crippen LogP contribution in [0.1, 0.15) is 29.7 Å². The van der Waals surface area contributed by atoms with Gasteiger partial charge in [0.25, 0.3) is 0 Å². The maximum absolute atomic E-state index is 4.33. The summed E-state index contributed by atoms with van der Waals surface area (Å²) in [5.74, 6) is 0.828. The molecule has 134 valence electrons. The third-order valence-electron chi connectivity index (χ3n) is 4.55. The van der Waals surface area contributed by atoms with Crippen molar-refractivity contribution >= 4 is 45.9 Å². The maximum Gasteiger partial charge on any atom is 0.191 e. The van der Waals surface area contributed by atoms with Crippen molar-refractivity contribution < 1.29 is 0 Å². The van der Waals surface area contributed by atoms with Gasteiger partial charge in [-0.3, -0.25) is 9.98 Å². The highest BCUT2D eigenvalue weighted by Crippen LogP contribution is 2.49. The Morgan fingerprint density at radius 1 is 1.20 bits per heavy atom. The highest BCUT2D eigenvalue weighted by molar-refractivity contribution is 14.0. The first-order valence-corrected chi connectivity index (χ1v) is 9.03. The number of guanidine groups is 1. The minimum atomic E-state index is 0. The number of benzene rings is 1. The van der Waals surface area contributed by atoms with Crippen molar-refractivity contribution in [3.63, 3.8) is 0 Å². The number of pyridine rings is 1. The lowest BCUT2D eigenvalue weighted by Crippen LogP contribution is -2.41. The second-order valence-corrected chi connectivity index (χ2v) is 7.20. The summed E-state index contributed by atoms with van der Waals surface area (Å²) in [4.78, 5) is 8.65. The van der Waals surface area contributed by atoms with Crippen LogP contribution >= 0.6 is 39.9 Å². The van der Waals surface area contributed by atoms with Crippen molar-refractivity contribution in [2.24, 2.45) is 4.99 Å². The molecule has 25 heavy (non-hydrogen) atoms. The van der Waals surface area contributed by atoms with Gasteiger partial charge in [0, 0.05) is 41.9 Å². The number of aryl methyl sites for hydroxylation is 1. The Morgan fingerprint density at radius 2 is 1.96 bits per heavy atom. The molecule has 4 nitrogen and oxygen atoms in total. The van der Waals surface area contributed by atoms with E-state index in [2.05, 4.69) is 66.9 Å². The molecule has 0 radical (unpaired) electrons. The fourth-order valence-corrected chi connectivity index (χ4v) is 3.55. The first-order chi connectivity index (χ1) is 11.6. The Morgan fingerprint density at radius 3 is 2.56 bits per heavy atom. The molecule has 1 aliphatic carbocycles. The fraction of sp³-hybridized carbons (Fsp3) is 0.368. The van der Waals surface area contributed by atoms with E-state index in [0.29, 0.717) is 0 Å². The normalized spacial score (nSPS) is 15.2. The van der Waals surface area contributed by atoms with E-state index in [1.165, 1.54) is 22.9 Å². The van der Waals surface area contributed by atoms with Crippen LogP contribution in [0, 0.1) is 6.92 Å². The molecule has 1 aliphatic rings. The molecule has 0 atom stereocenters. The number of rotatable bonds is 5. The molecule has 3 rings (SSSR count). The molecule has 0 bridgehead atoms. The van der Waals surface area contributed by atoms with E-state index in [9.17, 15) is 0 Å². The summed E-state index contributed by atoms with van der Waals surface area (Å²) in [7, 11) is 1.81. The SMILES string of the molecule is CN=C(NCc1ccc(C)nc1)NCC1(c2ccccc2Br)CC1.I. The van der Waals surface area contributed by atoms with E-state index in [1.807, 2.05) is 19.2 Å². The molecule has 6 heteroatoms. The van der Waals surface area contributed by atoms with Crippen LogP contribution in [0.15, 0.2) is 52.1 Å². The summed E-state index contributed by atoms with van der Waals surface area (Å²) >= 11 is 3.68. The Labute approximate surface area is 175 Å². The van der Waals surface area contributed by atoms with Gasteiger partial charge < -0.3 is 10.6 Å². The highest BCUT2D eigenvalue weighted by Gasteiger charge is 2.45. The molecule has 1 aromatic heterocycles. The van der Waals surface area contributed by atoms with Gasteiger partial charge in [0.15, 0.2) is 5.96 Å². The van der Waals surface area contributed by atoms with Crippen molar-refractivity contribution in [1.82, 2.24) is 15.6 Å². The third-order valence-corrected chi connectivity index (χ3v) is 5.24. The molecular weight excluding hydrogens is 491 g/mol. The van der Waals surface area contributed by atoms with Gasteiger partial charge in [-0.15, -0.1) is 24.0 Å². The smallest absolute Gasteiger partial charge is 0.191 e. The second kappa shape index (κ2) is 8.98. The number of hydrogen-bond donors (Lipinski definition) is 2. The van der Waals surface area contributed by atoms with Crippen LogP contribution in [-0.4, -0.2) is 24.5 Å². The molecule has 0 unspecified atom stereocenters. The lowest BCUT2D eigenvalue weighted by Gasteiger charge is -2.20. The first kappa shape index (κ1) is 20.2. The van der Waals surface area contributed by atoms with Crippen LogP contribution in [0.5, 0.6) is 0 Å². The summed E-state index contributed by atoms with van der Waals surface area (Å²) in [6, 6.07) is 12.6. The molecular formula is C19H24BrIN4. The molecule has 2 N–H and O–H groups in total. The molecule has 0 spiro atoms. The van der Waals surface area contributed by atoms with Gasteiger partial charge in [-0.25, -0.2) is 0 Å². The summed E-state index contributed by atoms with van der Waals surface area (Å²) in [6.45, 7) is 3.60. The number of halogens is 2. The molecule has 2 aromatic rings. The predicted molar refractivity (Wildman–Crippen MR) is 118 cm³/mol. The van der Waals surface area contributed by atoms with E-state index in [4.69, 9.17) is 0 Å². The van der Waals surface area contributed by atoms with E-state index < -0.39 is 0 Å². The van der Waals surface area contributed by atoms with Gasteiger partial charge in [-0.2, -0.15) is 0 Å². The Balaban J connectivity index is 0.00000225. The fourth-order valence-electron chi connectivity index (χ4n) is 2.85. The number of aromatic nitrogens is 1. The molecule has 1 heterocycles. The number of aliphatic imine (C=N–C) groups is 1. The number of hydrogen-bond acceptors (Lipinski definition) is 2. The molecule has 0 aliphatic heterocycles.